The molecule has 0 fully saturated rings. The molecule has 0 unspecified atom stereocenters. The molecular formula is C22H23ClN6O3S. The molecule has 0 aliphatic carbocycles. The van der Waals surface area contributed by atoms with Crippen LogP contribution in [0.3, 0.4) is 0 Å². The normalized spacial score (nSPS) is 13.2. The molecule has 3 aromatic rings. The third kappa shape index (κ3) is 5.48. The van der Waals surface area contributed by atoms with Crippen LogP contribution in [0.1, 0.15) is 5.56 Å². The Morgan fingerprint density at radius 3 is 2.64 bits per heavy atom. The zero-order valence-corrected chi connectivity index (χ0v) is 19.7. The Kier molecular flexibility index (Phi) is 6.61. The lowest BCUT2D eigenvalue weighted by Gasteiger charge is -2.12. The maximum atomic E-state index is 12.4. The number of amides is 1. The fourth-order valence-electron chi connectivity index (χ4n) is 3.36. The highest BCUT2D eigenvalue weighted by Crippen LogP contribution is 2.34. The molecular weight excluding hydrogens is 464 g/mol. The van der Waals surface area contributed by atoms with E-state index in [2.05, 4.69) is 25.3 Å². The van der Waals surface area contributed by atoms with Crippen molar-refractivity contribution < 1.29 is 13.2 Å². The Morgan fingerprint density at radius 1 is 1.15 bits per heavy atom. The number of carbonyl (C=O) groups is 1. The number of fused-ring (bicyclic) bond motifs is 3. The number of aromatic nitrogens is 2. The van der Waals surface area contributed by atoms with Gasteiger partial charge in [-0.15, -0.1) is 0 Å². The van der Waals surface area contributed by atoms with E-state index in [0.29, 0.717) is 46.7 Å². The monoisotopic (exact) mass is 486 g/mol. The molecule has 0 atom stereocenters. The Morgan fingerprint density at radius 2 is 1.91 bits per heavy atom. The van der Waals surface area contributed by atoms with Gasteiger partial charge in [-0.05, 0) is 56.6 Å². The summed E-state index contributed by atoms with van der Waals surface area (Å²) in [6, 6.07) is 11.6. The van der Waals surface area contributed by atoms with Crippen LogP contribution in [0.25, 0.3) is 11.3 Å². The predicted molar refractivity (Wildman–Crippen MR) is 128 cm³/mol. The fourth-order valence-corrected chi connectivity index (χ4v) is 4.55. The van der Waals surface area contributed by atoms with Gasteiger partial charge in [0.2, 0.25) is 21.9 Å². The highest BCUT2D eigenvalue weighted by Gasteiger charge is 2.21. The standard InChI is InChI=1S/C22H23ClN6O3S/c1-29(2)10-9-25-33(31,32)17-6-4-16(5-7-17)26-22-24-13-14-11-20(30)27-19-12-15(23)3-8-18(19)21(14)28-22/h3-8,12-13,25H,9-11H2,1-2H3,(H,27,30)(H,24,26,28). The molecule has 11 heteroatoms. The smallest absolute Gasteiger partial charge is 0.240 e. The minimum absolute atomic E-state index is 0.148. The van der Waals surface area contributed by atoms with Gasteiger partial charge in [0.05, 0.1) is 22.7 Å². The minimum Gasteiger partial charge on any atom is -0.325 e. The van der Waals surface area contributed by atoms with Gasteiger partial charge in [-0.3, -0.25) is 4.79 Å². The van der Waals surface area contributed by atoms with Gasteiger partial charge in [0.15, 0.2) is 0 Å². The first-order chi connectivity index (χ1) is 15.7. The van der Waals surface area contributed by atoms with Crippen molar-refractivity contribution in [1.29, 1.82) is 0 Å². The first-order valence-electron chi connectivity index (χ1n) is 10.2. The molecule has 4 rings (SSSR count). The Labute approximate surface area is 197 Å². The molecule has 9 nitrogen and oxygen atoms in total. The van der Waals surface area contributed by atoms with Gasteiger partial charge in [0, 0.05) is 41.1 Å². The Hall–Kier alpha value is -3.05. The average molecular weight is 487 g/mol. The van der Waals surface area contributed by atoms with E-state index in [1.807, 2.05) is 25.1 Å². The van der Waals surface area contributed by atoms with Crippen LogP contribution in [0.15, 0.2) is 53.6 Å². The summed E-state index contributed by atoms with van der Waals surface area (Å²) in [5.74, 6) is 0.154. The SMILES string of the molecule is CN(C)CCNS(=O)(=O)c1ccc(Nc2ncc3c(n2)-c2ccc(Cl)cc2NC(=O)C3)cc1. The van der Waals surface area contributed by atoms with Gasteiger partial charge >= 0.3 is 0 Å². The number of sulfonamides is 1. The molecule has 2 heterocycles. The molecule has 0 saturated heterocycles. The molecule has 1 aliphatic heterocycles. The van der Waals surface area contributed by atoms with Crippen molar-refractivity contribution >= 4 is 44.9 Å². The van der Waals surface area contributed by atoms with E-state index >= 15 is 0 Å². The molecule has 1 aliphatic rings. The summed E-state index contributed by atoms with van der Waals surface area (Å²) in [6.45, 7) is 0.924. The molecule has 172 valence electrons. The third-order valence-electron chi connectivity index (χ3n) is 5.00. The van der Waals surface area contributed by atoms with Crippen molar-refractivity contribution in [3.8, 4) is 11.3 Å². The quantitative estimate of drug-likeness (QED) is 0.470. The predicted octanol–water partition coefficient (Wildman–Crippen LogP) is 2.88. The fraction of sp³-hybridized carbons (Fsp3) is 0.227. The van der Waals surface area contributed by atoms with E-state index < -0.39 is 10.0 Å². The average Bonchev–Trinajstić information content (AvgIpc) is 2.88. The summed E-state index contributed by atoms with van der Waals surface area (Å²) in [5, 5.41) is 6.44. The Balaban J connectivity index is 1.55. The number of likely N-dealkylation sites (N-methyl/N-ethyl adjacent to an activating group) is 1. The topological polar surface area (TPSA) is 116 Å². The van der Waals surface area contributed by atoms with Crippen LogP contribution in [0.5, 0.6) is 0 Å². The molecule has 1 aromatic heterocycles. The van der Waals surface area contributed by atoms with E-state index in [4.69, 9.17) is 11.6 Å². The number of hydrogen-bond acceptors (Lipinski definition) is 7. The van der Waals surface area contributed by atoms with Crippen LogP contribution in [-0.2, 0) is 21.2 Å². The molecule has 33 heavy (non-hydrogen) atoms. The van der Waals surface area contributed by atoms with Crippen molar-refractivity contribution in [3.05, 3.63) is 59.2 Å². The largest absolute Gasteiger partial charge is 0.325 e. The van der Waals surface area contributed by atoms with Gasteiger partial charge in [-0.1, -0.05) is 11.6 Å². The van der Waals surface area contributed by atoms with Crippen LogP contribution in [0.2, 0.25) is 5.02 Å². The van der Waals surface area contributed by atoms with Crippen molar-refractivity contribution in [1.82, 2.24) is 19.6 Å². The van der Waals surface area contributed by atoms with Gasteiger partial charge in [-0.25, -0.2) is 23.1 Å². The van der Waals surface area contributed by atoms with E-state index in [0.717, 1.165) is 5.56 Å². The first kappa shape index (κ1) is 23.1. The molecule has 3 N–H and O–H groups in total. The van der Waals surface area contributed by atoms with Crippen molar-refractivity contribution in [2.24, 2.45) is 0 Å². The van der Waals surface area contributed by atoms with E-state index in [9.17, 15) is 13.2 Å². The summed E-state index contributed by atoms with van der Waals surface area (Å²) in [7, 11) is 0.164. The maximum absolute atomic E-state index is 12.4. The summed E-state index contributed by atoms with van der Waals surface area (Å²) in [6.07, 6.45) is 1.76. The van der Waals surface area contributed by atoms with Crippen LogP contribution in [-0.4, -0.2) is 56.4 Å². The van der Waals surface area contributed by atoms with Gasteiger partial charge in [-0.2, -0.15) is 0 Å². The second-order valence-electron chi connectivity index (χ2n) is 7.83. The number of nitrogens with zero attached hydrogens (tertiary/aromatic N) is 3. The zero-order valence-electron chi connectivity index (χ0n) is 18.1. The van der Waals surface area contributed by atoms with E-state index in [-0.39, 0.29) is 17.2 Å². The van der Waals surface area contributed by atoms with Crippen LogP contribution < -0.4 is 15.4 Å². The number of halogens is 1. The number of rotatable bonds is 7. The number of hydrogen-bond donors (Lipinski definition) is 3. The maximum Gasteiger partial charge on any atom is 0.240 e. The summed E-state index contributed by atoms with van der Waals surface area (Å²) in [5.41, 5.74) is 3.29. The van der Waals surface area contributed by atoms with Crippen LogP contribution in [0.4, 0.5) is 17.3 Å². The number of anilines is 3. The molecule has 0 radical (unpaired) electrons. The Bertz CT molecular complexity index is 1300. The lowest BCUT2D eigenvalue weighted by atomic mass is 10.1. The summed E-state index contributed by atoms with van der Waals surface area (Å²) >= 11 is 6.08. The highest BCUT2D eigenvalue weighted by atomic mass is 35.5. The van der Waals surface area contributed by atoms with Gasteiger partial charge < -0.3 is 15.5 Å². The third-order valence-corrected chi connectivity index (χ3v) is 6.71. The lowest BCUT2D eigenvalue weighted by Crippen LogP contribution is -2.31. The molecule has 2 aromatic carbocycles. The number of carbonyl (C=O) groups excluding carboxylic acids is 1. The van der Waals surface area contributed by atoms with Crippen LogP contribution in [0, 0.1) is 0 Å². The second kappa shape index (κ2) is 9.44. The van der Waals surface area contributed by atoms with Crippen molar-refractivity contribution in [2.45, 2.75) is 11.3 Å². The first-order valence-corrected chi connectivity index (χ1v) is 12.0. The lowest BCUT2D eigenvalue weighted by molar-refractivity contribution is -0.115. The second-order valence-corrected chi connectivity index (χ2v) is 10.0. The number of nitrogens with one attached hydrogen (secondary N) is 3. The highest BCUT2D eigenvalue weighted by molar-refractivity contribution is 7.89. The van der Waals surface area contributed by atoms with E-state index in [1.165, 1.54) is 12.1 Å². The molecule has 0 bridgehead atoms. The molecule has 1 amide bonds. The number of benzene rings is 2. The van der Waals surface area contributed by atoms with E-state index in [1.54, 1.807) is 30.5 Å². The van der Waals surface area contributed by atoms with Crippen molar-refractivity contribution in [2.75, 3.05) is 37.8 Å². The summed E-state index contributed by atoms with van der Waals surface area (Å²) in [4.78, 5) is 23.2. The van der Waals surface area contributed by atoms with Crippen LogP contribution >= 0.6 is 11.6 Å². The van der Waals surface area contributed by atoms with Crippen molar-refractivity contribution in [3.63, 3.8) is 0 Å². The molecule has 0 saturated carbocycles. The zero-order chi connectivity index (χ0) is 23.6. The van der Waals surface area contributed by atoms with Gasteiger partial charge in [0.25, 0.3) is 0 Å². The molecule has 0 spiro atoms. The summed E-state index contributed by atoms with van der Waals surface area (Å²) < 4.78 is 27.4. The minimum atomic E-state index is -3.59. The van der Waals surface area contributed by atoms with Gasteiger partial charge in [0.1, 0.15) is 0 Å².